The van der Waals surface area contributed by atoms with Crippen LogP contribution in [0.25, 0.3) is 10.2 Å². The molecule has 0 fully saturated rings. The Labute approximate surface area is 146 Å². The Hall–Kier alpha value is -1.91. The molecule has 0 saturated carbocycles. The molecule has 0 aliphatic carbocycles. The zero-order valence-electron chi connectivity index (χ0n) is 14.2. The summed E-state index contributed by atoms with van der Waals surface area (Å²) in [4.78, 5) is 7.03. The number of benzene rings is 2. The van der Waals surface area contributed by atoms with Crippen LogP contribution >= 0.6 is 11.3 Å². The van der Waals surface area contributed by atoms with Gasteiger partial charge in [-0.05, 0) is 60.7 Å². The second-order valence-corrected chi connectivity index (χ2v) is 7.45. The highest BCUT2D eigenvalue weighted by Gasteiger charge is 2.21. The van der Waals surface area contributed by atoms with Crippen molar-refractivity contribution in [2.24, 2.45) is 0 Å². The number of ether oxygens (including phenoxy) is 1. The summed E-state index contributed by atoms with van der Waals surface area (Å²) in [5.41, 5.74) is 7.28. The molecular formula is C20H22N2OS. The van der Waals surface area contributed by atoms with Crippen molar-refractivity contribution in [1.82, 2.24) is 9.88 Å². The standard InChI is InChI=1S/C20H22N2OS/c1-14-9-17-11-18(23-2)5-4-16(17)7-8-22(14)12-15-3-6-20-19(10-15)21-13-24-20/h3-6,10-11,13-14H,7-9,12H2,1-2H3/t14-/m1/s1. The fourth-order valence-corrected chi connectivity index (χ4v) is 4.22. The van der Waals surface area contributed by atoms with Crippen molar-refractivity contribution in [3.05, 3.63) is 58.6 Å². The Bertz CT molecular complexity index is 858. The molecule has 1 atom stereocenters. The van der Waals surface area contributed by atoms with E-state index in [2.05, 4.69) is 53.2 Å². The lowest BCUT2D eigenvalue weighted by Gasteiger charge is -2.27. The highest BCUT2D eigenvalue weighted by atomic mass is 32.1. The average molecular weight is 338 g/mol. The number of hydrogen-bond donors (Lipinski definition) is 0. The van der Waals surface area contributed by atoms with Crippen LogP contribution in [0.3, 0.4) is 0 Å². The minimum atomic E-state index is 0.518. The van der Waals surface area contributed by atoms with Crippen molar-refractivity contribution < 1.29 is 4.74 Å². The Kier molecular flexibility index (Phi) is 4.25. The summed E-state index contributed by atoms with van der Waals surface area (Å²) < 4.78 is 6.66. The van der Waals surface area contributed by atoms with E-state index in [0.717, 1.165) is 37.2 Å². The van der Waals surface area contributed by atoms with Crippen LogP contribution < -0.4 is 4.74 Å². The lowest BCUT2D eigenvalue weighted by atomic mass is 10.0. The number of hydrogen-bond acceptors (Lipinski definition) is 4. The highest BCUT2D eigenvalue weighted by Crippen LogP contribution is 2.26. The van der Waals surface area contributed by atoms with Crippen LogP contribution in [0.2, 0.25) is 0 Å². The first-order valence-corrected chi connectivity index (χ1v) is 9.33. The van der Waals surface area contributed by atoms with Crippen molar-refractivity contribution in [1.29, 1.82) is 0 Å². The third kappa shape index (κ3) is 3.04. The predicted molar refractivity (Wildman–Crippen MR) is 99.9 cm³/mol. The van der Waals surface area contributed by atoms with Crippen LogP contribution in [-0.2, 0) is 19.4 Å². The molecule has 0 bridgehead atoms. The Morgan fingerprint density at radius 1 is 1.21 bits per heavy atom. The summed E-state index contributed by atoms with van der Waals surface area (Å²) in [7, 11) is 1.74. The third-order valence-electron chi connectivity index (χ3n) is 5.00. The molecule has 1 aliphatic heterocycles. The minimum Gasteiger partial charge on any atom is -0.497 e. The third-order valence-corrected chi connectivity index (χ3v) is 5.81. The number of nitrogens with zero attached hydrogens (tertiary/aromatic N) is 2. The van der Waals surface area contributed by atoms with Crippen LogP contribution in [0, 0.1) is 0 Å². The van der Waals surface area contributed by atoms with Gasteiger partial charge in [0.1, 0.15) is 5.75 Å². The molecule has 1 aromatic heterocycles. The number of rotatable bonds is 3. The molecule has 0 amide bonds. The Balaban J connectivity index is 1.54. The first-order valence-electron chi connectivity index (χ1n) is 8.45. The van der Waals surface area contributed by atoms with Gasteiger partial charge in [0.2, 0.25) is 0 Å². The van der Waals surface area contributed by atoms with Crippen LogP contribution in [0.15, 0.2) is 41.9 Å². The average Bonchev–Trinajstić information content (AvgIpc) is 3.00. The van der Waals surface area contributed by atoms with Gasteiger partial charge in [-0.3, -0.25) is 4.90 Å². The molecule has 24 heavy (non-hydrogen) atoms. The number of fused-ring (bicyclic) bond motifs is 2. The summed E-state index contributed by atoms with van der Waals surface area (Å²) in [5, 5.41) is 0. The molecule has 0 spiro atoms. The van der Waals surface area contributed by atoms with Crippen molar-refractivity contribution in [2.45, 2.75) is 32.4 Å². The Morgan fingerprint density at radius 2 is 2.12 bits per heavy atom. The van der Waals surface area contributed by atoms with Crippen LogP contribution in [0.4, 0.5) is 0 Å². The summed E-state index contributed by atoms with van der Waals surface area (Å²) >= 11 is 1.70. The summed E-state index contributed by atoms with van der Waals surface area (Å²) in [5.74, 6) is 0.961. The number of thiazole rings is 1. The lowest BCUT2D eigenvalue weighted by Crippen LogP contribution is -2.33. The largest absolute Gasteiger partial charge is 0.497 e. The van der Waals surface area contributed by atoms with E-state index < -0.39 is 0 Å². The SMILES string of the molecule is COc1ccc2c(c1)C[C@@H](C)N(Cc1ccc3scnc3c1)CC2. The van der Waals surface area contributed by atoms with E-state index in [1.54, 1.807) is 18.4 Å². The maximum Gasteiger partial charge on any atom is 0.119 e. The van der Waals surface area contributed by atoms with Gasteiger partial charge < -0.3 is 4.74 Å². The molecule has 0 saturated heterocycles. The maximum atomic E-state index is 5.39. The lowest BCUT2D eigenvalue weighted by molar-refractivity contribution is 0.208. The van der Waals surface area contributed by atoms with Gasteiger partial charge in [-0.15, -0.1) is 11.3 Å². The molecule has 2 aromatic carbocycles. The molecule has 2 heterocycles. The molecule has 4 rings (SSSR count). The fourth-order valence-electron chi connectivity index (χ4n) is 3.57. The first-order chi connectivity index (χ1) is 11.7. The second kappa shape index (κ2) is 6.54. The summed E-state index contributed by atoms with van der Waals surface area (Å²) in [6, 6.07) is 13.7. The molecule has 3 aromatic rings. The van der Waals surface area contributed by atoms with Gasteiger partial charge in [-0.2, -0.15) is 0 Å². The van der Waals surface area contributed by atoms with Crippen LogP contribution in [-0.4, -0.2) is 29.6 Å². The maximum absolute atomic E-state index is 5.39. The smallest absolute Gasteiger partial charge is 0.119 e. The fraction of sp³-hybridized carbons (Fsp3) is 0.350. The number of aromatic nitrogens is 1. The monoisotopic (exact) mass is 338 g/mol. The van der Waals surface area contributed by atoms with Gasteiger partial charge in [-0.1, -0.05) is 12.1 Å². The topological polar surface area (TPSA) is 25.4 Å². The van der Waals surface area contributed by atoms with Crippen LogP contribution in [0.5, 0.6) is 5.75 Å². The minimum absolute atomic E-state index is 0.518. The van der Waals surface area contributed by atoms with E-state index in [9.17, 15) is 0 Å². The van der Waals surface area contributed by atoms with E-state index in [4.69, 9.17) is 4.74 Å². The summed E-state index contributed by atoms with van der Waals surface area (Å²) in [6.45, 7) is 4.41. The van der Waals surface area contributed by atoms with Gasteiger partial charge in [0.05, 0.1) is 22.8 Å². The Morgan fingerprint density at radius 3 is 3.00 bits per heavy atom. The molecule has 1 aliphatic rings. The molecular weight excluding hydrogens is 316 g/mol. The van der Waals surface area contributed by atoms with E-state index in [0.29, 0.717) is 6.04 Å². The van der Waals surface area contributed by atoms with Crippen molar-refractivity contribution >= 4 is 21.6 Å². The predicted octanol–water partition coefficient (Wildman–Crippen LogP) is 4.29. The quantitative estimate of drug-likeness (QED) is 0.712. The molecule has 4 heteroatoms. The van der Waals surface area contributed by atoms with E-state index in [1.165, 1.54) is 21.4 Å². The van der Waals surface area contributed by atoms with Crippen LogP contribution in [0.1, 0.15) is 23.6 Å². The van der Waals surface area contributed by atoms with E-state index in [-0.39, 0.29) is 0 Å². The normalized spacial score (nSPS) is 18.3. The van der Waals surface area contributed by atoms with Crippen molar-refractivity contribution in [3.63, 3.8) is 0 Å². The first kappa shape index (κ1) is 15.6. The van der Waals surface area contributed by atoms with Gasteiger partial charge >= 0.3 is 0 Å². The molecule has 3 nitrogen and oxygen atoms in total. The van der Waals surface area contributed by atoms with Crippen molar-refractivity contribution in [2.75, 3.05) is 13.7 Å². The highest BCUT2D eigenvalue weighted by molar-refractivity contribution is 7.16. The van der Waals surface area contributed by atoms with Crippen molar-refractivity contribution in [3.8, 4) is 5.75 Å². The van der Waals surface area contributed by atoms with E-state index in [1.807, 2.05) is 5.51 Å². The van der Waals surface area contributed by atoms with E-state index >= 15 is 0 Å². The second-order valence-electron chi connectivity index (χ2n) is 6.56. The molecule has 0 unspecified atom stereocenters. The van der Waals surface area contributed by atoms with Gasteiger partial charge in [0, 0.05) is 19.1 Å². The molecule has 124 valence electrons. The van der Waals surface area contributed by atoms with Gasteiger partial charge in [0.15, 0.2) is 0 Å². The zero-order valence-corrected chi connectivity index (χ0v) is 15.0. The number of methoxy groups -OCH3 is 1. The van der Waals surface area contributed by atoms with Gasteiger partial charge in [-0.25, -0.2) is 4.98 Å². The molecule has 0 N–H and O–H groups in total. The zero-order chi connectivity index (χ0) is 16.5. The molecule has 0 radical (unpaired) electrons. The summed E-state index contributed by atoms with van der Waals surface area (Å²) in [6.07, 6.45) is 2.17. The van der Waals surface area contributed by atoms with Gasteiger partial charge in [0.25, 0.3) is 0 Å².